The van der Waals surface area contributed by atoms with Crippen molar-refractivity contribution < 1.29 is 4.74 Å². The lowest BCUT2D eigenvalue weighted by Gasteiger charge is -2.29. The lowest BCUT2D eigenvalue weighted by molar-refractivity contribution is 0.0921. The number of ether oxygens (including phenoxy) is 1. The van der Waals surface area contributed by atoms with Gasteiger partial charge in [0.05, 0.1) is 6.67 Å². The average molecular weight is 259 g/mol. The van der Waals surface area contributed by atoms with Gasteiger partial charge in [-0.1, -0.05) is 17.7 Å². The van der Waals surface area contributed by atoms with Gasteiger partial charge in [-0.05, 0) is 19.4 Å². The van der Waals surface area contributed by atoms with Crippen LogP contribution in [0.5, 0.6) is 5.75 Å². The van der Waals surface area contributed by atoms with Crippen LogP contribution >= 0.6 is 0 Å². The monoisotopic (exact) mass is 259 g/mol. The van der Waals surface area contributed by atoms with Crippen LogP contribution in [0.4, 0.5) is 0 Å². The molecule has 0 amide bonds. The first-order valence-electron chi connectivity index (χ1n) is 6.90. The molecule has 4 nitrogen and oxygen atoms in total. The molecule has 0 aromatic heterocycles. The normalized spacial score (nSPS) is 18.1. The highest BCUT2D eigenvalue weighted by Crippen LogP contribution is 2.25. The van der Waals surface area contributed by atoms with Gasteiger partial charge < -0.3 is 15.0 Å². The fraction of sp³-hybridized carbons (Fsp3) is 0.467. The van der Waals surface area contributed by atoms with Crippen LogP contribution in [0.3, 0.4) is 0 Å². The Morgan fingerprint density at radius 3 is 3.11 bits per heavy atom. The van der Waals surface area contributed by atoms with Gasteiger partial charge in [-0.25, -0.2) is 0 Å². The molecule has 0 radical (unpaired) electrons. The Morgan fingerprint density at radius 1 is 1.32 bits per heavy atom. The minimum atomic E-state index is 0.712. The molecule has 1 N–H and O–H groups in total. The molecule has 2 heterocycles. The molecule has 4 heteroatoms. The highest BCUT2D eigenvalue weighted by Gasteiger charge is 2.17. The number of hydrogen-bond donors (Lipinski definition) is 1. The second kappa shape index (κ2) is 5.53. The Labute approximate surface area is 114 Å². The summed E-state index contributed by atoms with van der Waals surface area (Å²) in [4.78, 5) is 4.66. The third-order valence-corrected chi connectivity index (χ3v) is 3.63. The van der Waals surface area contributed by atoms with Crippen molar-refractivity contribution in [2.24, 2.45) is 0 Å². The van der Waals surface area contributed by atoms with Crippen molar-refractivity contribution in [3.05, 3.63) is 41.7 Å². The smallest absolute Gasteiger partial charge is 0.142 e. The third-order valence-electron chi connectivity index (χ3n) is 3.63. The number of nitrogens with one attached hydrogen (secondary N) is 1. The van der Waals surface area contributed by atoms with E-state index in [4.69, 9.17) is 4.74 Å². The number of nitrogens with zero attached hydrogens (tertiary/aromatic N) is 2. The van der Waals surface area contributed by atoms with Crippen LogP contribution in [0.1, 0.15) is 17.5 Å². The van der Waals surface area contributed by atoms with Crippen molar-refractivity contribution in [2.45, 2.75) is 19.9 Å². The topological polar surface area (TPSA) is 27.7 Å². The highest BCUT2D eigenvalue weighted by atomic mass is 16.5. The van der Waals surface area contributed by atoms with Gasteiger partial charge in [0.1, 0.15) is 12.5 Å². The first-order chi connectivity index (χ1) is 9.31. The maximum absolute atomic E-state index is 5.80. The molecule has 3 rings (SSSR count). The lowest BCUT2D eigenvalue weighted by atomic mass is 10.1. The SMILES string of the molecule is Cc1ccc2c(c1)CN(CCCN1C=CNC1)CO2. The molecule has 2 aliphatic rings. The Kier molecular flexibility index (Phi) is 3.60. The van der Waals surface area contributed by atoms with E-state index in [1.165, 1.54) is 11.1 Å². The lowest BCUT2D eigenvalue weighted by Crippen LogP contribution is -2.34. The molecule has 0 unspecified atom stereocenters. The maximum atomic E-state index is 5.80. The minimum Gasteiger partial charge on any atom is -0.478 e. The molecule has 0 aliphatic carbocycles. The van der Waals surface area contributed by atoms with Gasteiger partial charge in [0.15, 0.2) is 0 Å². The number of rotatable bonds is 4. The Bertz CT molecular complexity index is 472. The van der Waals surface area contributed by atoms with E-state index in [0.717, 1.165) is 38.5 Å². The minimum absolute atomic E-state index is 0.712. The third kappa shape index (κ3) is 3.01. The molecule has 0 atom stereocenters. The van der Waals surface area contributed by atoms with Crippen LogP contribution in [0.25, 0.3) is 0 Å². The van der Waals surface area contributed by atoms with Crippen molar-refractivity contribution in [1.82, 2.24) is 15.1 Å². The summed E-state index contributed by atoms with van der Waals surface area (Å²) >= 11 is 0. The van der Waals surface area contributed by atoms with Crippen molar-refractivity contribution in [1.29, 1.82) is 0 Å². The predicted octanol–water partition coefficient (Wildman–Crippen LogP) is 1.87. The number of fused-ring (bicyclic) bond motifs is 1. The summed E-state index contributed by atoms with van der Waals surface area (Å²) in [6.07, 6.45) is 5.28. The van der Waals surface area contributed by atoms with E-state index >= 15 is 0 Å². The van der Waals surface area contributed by atoms with Crippen molar-refractivity contribution in [3.8, 4) is 5.75 Å². The molecule has 0 fully saturated rings. The summed E-state index contributed by atoms with van der Waals surface area (Å²) in [5.41, 5.74) is 2.62. The highest BCUT2D eigenvalue weighted by molar-refractivity contribution is 5.37. The zero-order valence-electron chi connectivity index (χ0n) is 11.4. The summed E-state index contributed by atoms with van der Waals surface area (Å²) in [5, 5.41) is 3.19. The van der Waals surface area contributed by atoms with Gasteiger partial charge in [0.2, 0.25) is 0 Å². The van der Waals surface area contributed by atoms with E-state index in [9.17, 15) is 0 Å². The predicted molar refractivity (Wildman–Crippen MR) is 75.5 cm³/mol. The van der Waals surface area contributed by atoms with Crippen LogP contribution in [0.2, 0.25) is 0 Å². The van der Waals surface area contributed by atoms with E-state index in [1.54, 1.807) is 0 Å². The second-order valence-electron chi connectivity index (χ2n) is 5.28. The van der Waals surface area contributed by atoms with Gasteiger partial charge in [0, 0.05) is 37.6 Å². The first kappa shape index (κ1) is 12.4. The summed E-state index contributed by atoms with van der Waals surface area (Å²) in [6, 6.07) is 6.43. The van der Waals surface area contributed by atoms with E-state index in [0.29, 0.717) is 6.73 Å². The second-order valence-corrected chi connectivity index (χ2v) is 5.28. The summed E-state index contributed by atoms with van der Waals surface area (Å²) in [7, 11) is 0. The average Bonchev–Trinajstić information content (AvgIpc) is 2.91. The summed E-state index contributed by atoms with van der Waals surface area (Å²) < 4.78 is 5.80. The molecule has 1 aromatic carbocycles. The van der Waals surface area contributed by atoms with Crippen molar-refractivity contribution in [3.63, 3.8) is 0 Å². The molecule has 1 aromatic rings. The van der Waals surface area contributed by atoms with Crippen LogP contribution < -0.4 is 10.1 Å². The number of aryl methyl sites for hydroxylation is 1. The van der Waals surface area contributed by atoms with Gasteiger partial charge in [-0.15, -0.1) is 0 Å². The quantitative estimate of drug-likeness (QED) is 0.893. The van der Waals surface area contributed by atoms with Crippen LogP contribution in [0, 0.1) is 6.92 Å². The van der Waals surface area contributed by atoms with Crippen LogP contribution in [-0.4, -0.2) is 36.3 Å². The molecular formula is C15H21N3O. The molecule has 102 valence electrons. The largest absolute Gasteiger partial charge is 0.478 e. The fourth-order valence-electron chi connectivity index (χ4n) is 2.60. The zero-order chi connectivity index (χ0) is 13.1. The molecule has 2 aliphatic heterocycles. The Balaban J connectivity index is 1.49. The number of hydrogen-bond acceptors (Lipinski definition) is 4. The first-order valence-corrected chi connectivity index (χ1v) is 6.90. The summed E-state index contributed by atoms with van der Waals surface area (Å²) in [5.74, 6) is 1.05. The Morgan fingerprint density at radius 2 is 2.26 bits per heavy atom. The van der Waals surface area contributed by atoms with Gasteiger partial charge in [-0.2, -0.15) is 0 Å². The molecule has 19 heavy (non-hydrogen) atoms. The molecule has 0 saturated heterocycles. The number of benzene rings is 1. The molecule has 0 saturated carbocycles. The van der Waals surface area contributed by atoms with Gasteiger partial charge in [-0.3, -0.25) is 4.90 Å². The molecule has 0 bridgehead atoms. The maximum Gasteiger partial charge on any atom is 0.142 e. The summed E-state index contributed by atoms with van der Waals surface area (Å²) in [6.45, 7) is 6.97. The van der Waals surface area contributed by atoms with Crippen molar-refractivity contribution >= 4 is 0 Å². The van der Waals surface area contributed by atoms with Gasteiger partial charge >= 0.3 is 0 Å². The van der Waals surface area contributed by atoms with E-state index in [-0.39, 0.29) is 0 Å². The van der Waals surface area contributed by atoms with E-state index in [2.05, 4.69) is 46.4 Å². The van der Waals surface area contributed by atoms with Crippen molar-refractivity contribution in [2.75, 3.05) is 26.5 Å². The van der Waals surface area contributed by atoms with E-state index < -0.39 is 0 Å². The van der Waals surface area contributed by atoms with E-state index in [1.807, 2.05) is 6.20 Å². The standard InChI is InChI=1S/C15H21N3O/c1-13-3-4-15-14(9-13)10-18(12-19-15)7-2-6-17-8-5-16-11-17/h3-5,8-9,16H,2,6-7,10-12H2,1H3. The van der Waals surface area contributed by atoms with Crippen LogP contribution in [-0.2, 0) is 6.54 Å². The zero-order valence-corrected chi connectivity index (χ0v) is 11.4. The molecule has 0 spiro atoms. The van der Waals surface area contributed by atoms with Crippen LogP contribution in [0.15, 0.2) is 30.6 Å². The Hall–Kier alpha value is -1.68. The molecular weight excluding hydrogens is 238 g/mol. The van der Waals surface area contributed by atoms with Gasteiger partial charge in [0.25, 0.3) is 0 Å². The fourth-order valence-corrected chi connectivity index (χ4v) is 2.60.